The lowest BCUT2D eigenvalue weighted by atomic mass is 10.1. The Balaban J connectivity index is 2.61. The second kappa shape index (κ2) is 4.25. The molecule has 2 unspecified atom stereocenters. The number of esters is 2. The molecule has 1 aliphatic rings. The fourth-order valence-electron chi connectivity index (χ4n) is 1.59. The van der Waals surface area contributed by atoms with Crippen molar-refractivity contribution in [2.45, 2.75) is 59.2 Å². The van der Waals surface area contributed by atoms with Crippen LogP contribution in [0, 0.1) is 18.3 Å². The van der Waals surface area contributed by atoms with Crippen molar-refractivity contribution in [2.24, 2.45) is 11.3 Å². The molecule has 0 saturated heterocycles. The summed E-state index contributed by atoms with van der Waals surface area (Å²) in [6.07, 6.45) is 0.400. The first-order chi connectivity index (χ1) is 7.85. The molecule has 0 N–H and O–H groups in total. The maximum absolute atomic E-state index is 11.9. The lowest BCUT2D eigenvalue weighted by Gasteiger charge is -2.23. The normalized spacial score (nSPS) is 27.6. The number of ether oxygens (including phenoxy) is 2. The Morgan fingerprint density at radius 3 is 1.89 bits per heavy atom. The fourth-order valence-corrected chi connectivity index (χ4v) is 1.59. The molecule has 0 heterocycles. The third-order valence-corrected chi connectivity index (χ3v) is 2.57. The van der Waals surface area contributed by atoms with Gasteiger partial charge in [-0.15, -0.1) is 0 Å². The molecular weight excluding hydrogens is 232 g/mol. The topological polar surface area (TPSA) is 52.6 Å². The third kappa shape index (κ3) is 3.72. The van der Waals surface area contributed by atoms with Crippen LogP contribution in [0.2, 0.25) is 0 Å². The van der Waals surface area contributed by atoms with Crippen LogP contribution >= 0.6 is 0 Å². The van der Waals surface area contributed by atoms with Crippen molar-refractivity contribution in [2.75, 3.05) is 0 Å². The van der Waals surface area contributed by atoms with Crippen LogP contribution in [0.3, 0.4) is 0 Å². The minimum atomic E-state index is -0.963. The highest BCUT2D eigenvalue weighted by Gasteiger charge is 2.63. The smallest absolute Gasteiger partial charge is 0.313 e. The van der Waals surface area contributed by atoms with E-state index in [0.29, 0.717) is 6.42 Å². The molecule has 0 aromatic carbocycles. The minimum Gasteiger partial charge on any atom is -0.460 e. The van der Waals surface area contributed by atoms with Crippen LogP contribution in [-0.2, 0) is 19.1 Å². The van der Waals surface area contributed by atoms with Gasteiger partial charge in [-0.3, -0.25) is 9.59 Å². The van der Waals surface area contributed by atoms with Gasteiger partial charge in [-0.1, -0.05) is 0 Å². The van der Waals surface area contributed by atoms with Crippen LogP contribution in [0.15, 0.2) is 0 Å². The highest BCUT2D eigenvalue weighted by atomic mass is 16.6. The average Bonchev–Trinajstić information content (AvgIpc) is 2.73. The van der Waals surface area contributed by atoms with Gasteiger partial charge in [0.05, 0.1) is 11.3 Å². The lowest BCUT2D eigenvalue weighted by Crippen LogP contribution is -2.32. The minimum absolute atomic E-state index is 0.372. The summed E-state index contributed by atoms with van der Waals surface area (Å²) in [5, 5.41) is 0. The van der Waals surface area contributed by atoms with Gasteiger partial charge in [-0.2, -0.15) is 0 Å². The molecule has 1 rings (SSSR count). The van der Waals surface area contributed by atoms with Crippen molar-refractivity contribution in [1.29, 1.82) is 0 Å². The maximum atomic E-state index is 11.9. The van der Waals surface area contributed by atoms with Crippen LogP contribution in [-0.4, -0.2) is 23.1 Å². The first-order valence-corrected chi connectivity index (χ1v) is 6.17. The van der Waals surface area contributed by atoms with Gasteiger partial charge in [-0.05, 0) is 54.9 Å². The van der Waals surface area contributed by atoms with Crippen LogP contribution in [0.25, 0.3) is 0 Å². The van der Waals surface area contributed by atoms with Crippen LogP contribution < -0.4 is 0 Å². The zero-order valence-electron chi connectivity index (χ0n) is 12.1. The molecule has 1 aliphatic carbocycles. The monoisotopic (exact) mass is 255 g/mol. The quantitative estimate of drug-likeness (QED) is 0.711. The molecule has 0 spiro atoms. The molecule has 4 nitrogen and oxygen atoms in total. The first-order valence-electron chi connectivity index (χ1n) is 6.17. The second-order valence-electron chi connectivity index (χ2n) is 6.95. The number of carbonyl (C=O) groups is 2. The predicted molar refractivity (Wildman–Crippen MR) is 67.6 cm³/mol. The number of rotatable bonds is 2. The van der Waals surface area contributed by atoms with E-state index < -0.39 is 28.5 Å². The molecule has 0 amide bonds. The van der Waals surface area contributed by atoms with Crippen molar-refractivity contribution in [3.63, 3.8) is 0 Å². The van der Waals surface area contributed by atoms with Gasteiger partial charge in [-0.25, -0.2) is 0 Å². The SMILES string of the molecule is [CH2]C1(C(=O)OC(C)(C)C)CC1C(=O)OC(C)(C)C. The van der Waals surface area contributed by atoms with Crippen LogP contribution in [0.5, 0.6) is 0 Å². The zero-order chi connectivity index (χ0) is 14.4. The first kappa shape index (κ1) is 15.0. The largest absolute Gasteiger partial charge is 0.460 e. The Bertz CT molecular complexity index is 359. The van der Waals surface area contributed by atoms with Crippen LogP contribution in [0.4, 0.5) is 0 Å². The molecule has 0 bridgehead atoms. The number of hydrogen-bond donors (Lipinski definition) is 0. The summed E-state index contributed by atoms with van der Waals surface area (Å²) >= 11 is 0. The van der Waals surface area contributed by atoms with Gasteiger partial charge in [0.15, 0.2) is 0 Å². The molecule has 0 aliphatic heterocycles. The third-order valence-electron chi connectivity index (χ3n) is 2.57. The molecule has 1 fully saturated rings. The van der Waals surface area contributed by atoms with Crippen LogP contribution in [0.1, 0.15) is 48.0 Å². The summed E-state index contributed by atoms with van der Waals surface area (Å²) in [5.74, 6) is -1.28. The van der Waals surface area contributed by atoms with Crippen molar-refractivity contribution in [3.8, 4) is 0 Å². The second-order valence-corrected chi connectivity index (χ2v) is 6.95. The molecule has 4 heteroatoms. The van der Waals surface area contributed by atoms with Gasteiger partial charge >= 0.3 is 11.9 Å². The molecule has 103 valence electrons. The molecule has 18 heavy (non-hydrogen) atoms. The van der Waals surface area contributed by atoms with Gasteiger partial charge in [0.2, 0.25) is 0 Å². The predicted octanol–water partition coefficient (Wildman–Crippen LogP) is 2.51. The summed E-state index contributed by atoms with van der Waals surface area (Å²) in [6, 6.07) is 0. The fraction of sp³-hybridized carbons (Fsp3) is 0.786. The summed E-state index contributed by atoms with van der Waals surface area (Å²) < 4.78 is 10.5. The Kier molecular flexibility index (Phi) is 3.54. The van der Waals surface area contributed by atoms with E-state index in [4.69, 9.17) is 9.47 Å². The Hall–Kier alpha value is -1.06. The van der Waals surface area contributed by atoms with E-state index in [-0.39, 0.29) is 5.97 Å². The van der Waals surface area contributed by atoms with Crippen molar-refractivity contribution >= 4 is 11.9 Å². The molecule has 1 radical (unpaired) electrons. The van der Waals surface area contributed by atoms with Gasteiger partial charge < -0.3 is 9.47 Å². The average molecular weight is 255 g/mol. The van der Waals surface area contributed by atoms with E-state index in [1.807, 2.05) is 0 Å². The number of hydrogen-bond acceptors (Lipinski definition) is 4. The molecular formula is C14H23O4. The maximum Gasteiger partial charge on any atom is 0.313 e. The summed E-state index contributed by atoms with van der Waals surface area (Å²) in [7, 11) is 0. The van der Waals surface area contributed by atoms with E-state index in [1.165, 1.54) is 0 Å². The van der Waals surface area contributed by atoms with Crippen molar-refractivity contribution < 1.29 is 19.1 Å². The van der Waals surface area contributed by atoms with E-state index in [2.05, 4.69) is 6.92 Å². The van der Waals surface area contributed by atoms with E-state index in [0.717, 1.165) is 0 Å². The van der Waals surface area contributed by atoms with Crippen molar-refractivity contribution in [3.05, 3.63) is 6.92 Å². The van der Waals surface area contributed by atoms with Crippen molar-refractivity contribution in [1.82, 2.24) is 0 Å². The van der Waals surface area contributed by atoms with Gasteiger partial charge in [0.25, 0.3) is 0 Å². The van der Waals surface area contributed by atoms with E-state index >= 15 is 0 Å². The standard InChI is InChI=1S/C14H23O4/c1-12(2,3)17-10(15)9-8-14(9,7)11(16)18-13(4,5)6/h9H,7-8H2,1-6H3. The highest BCUT2D eigenvalue weighted by molar-refractivity contribution is 5.92. The summed E-state index contributed by atoms with van der Waals surface area (Å²) in [6.45, 7) is 14.6. The molecule has 0 aromatic rings. The summed E-state index contributed by atoms with van der Waals surface area (Å²) in [5.41, 5.74) is -2.08. The summed E-state index contributed by atoms with van der Waals surface area (Å²) in [4.78, 5) is 23.8. The van der Waals surface area contributed by atoms with E-state index in [1.54, 1.807) is 41.5 Å². The van der Waals surface area contributed by atoms with Gasteiger partial charge in [0.1, 0.15) is 11.2 Å². The van der Waals surface area contributed by atoms with Gasteiger partial charge in [0, 0.05) is 0 Å². The molecule has 2 atom stereocenters. The van der Waals surface area contributed by atoms with E-state index in [9.17, 15) is 9.59 Å². The Morgan fingerprint density at radius 2 is 1.50 bits per heavy atom. The Morgan fingerprint density at radius 1 is 1.06 bits per heavy atom. The highest BCUT2D eigenvalue weighted by Crippen LogP contribution is 2.54. The molecule has 0 aromatic heterocycles. The molecule has 1 saturated carbocycles. The Labute approximate surface area is 109 Å². The number of carbonyl (C=O) groups excluding carboxylic acids is 2. The lowest BCUT2D eigenvalue weighted by molar-refractivity contribution is -0.166. The zero-order valence-corrected chi connectivity index (χ0v) is 12.1.